The number of benzene rings is 1. The van der Waals surface area contributed by atoms with Gasteiger partial charge in [0.25, 0.3) is 0 Å². The number of aromatic nitrogens is 2. The molecule has 0 saturated carbocycles. The molecule has 7 nitrogen and oxygen atoms in total. The molecule has 0 bridgehead atoms. The molecule has 7 heteroatoms. The van der Waals surface area contributed by atoms with Crippen molar-refractivity contribution >= 4 is 28.1 Å². The lowest BCUT2D eigenvalue weighted by Gasteiger charge is -2.19. The molecule has 0 fully saturated rings. The summed E-state index contributed by atoms with van der Waals surface area (Å²) >= 11 is 0. The van der Waals surface area contributed by atoms with E-state index in [1.54, 1.807) is 0 Å². The number of aryl methyl sites for hydroxylation is 1. The van der Waals surface area contributed by atoms with Crippen LogP contribution in [0.1, 0.15) is 46.1 Å². The van der Waals surface area contributed by atoms with Crippen LogP contribution in [-0.2, 0) is 6.42 Å². The fourth-order valence-corrected chi connectivity index (χ4v) is 3.78. The van der Waals surface area contributed by atoms with Crippen LogP contribution in [0.25, 0.3) is 10.9 Å². The molecule has 1 heterocycles. The summed E-state index contributed by atoms with van der Waals surface area (Å²) < 4.78 is 0. The van der Waals surface area contributed by atoms with Crippen LogP contribution in [0, 0.1) is 0 Å². The number of aromatic amines is 1. The maximum atomic E-state index is 6.36. The number of nitrogens with zero attached hydrogens (tertiary/aromatic N) is 3. The normalized spacial score (nSPS) is 11.8. The molecular formula is C21H39N7. The van der Waals surface area contributed by atoms with Crippen molar-refractivity contribution in [3.05, 3.63) is 11.6 Å². The number of H-pyrrole nitrogens is 1. The van der Waals surface area contributed by atoms with E-state index in [-0.39, 0.29) is 0 Å². The summed E-state index contributed by atoms with van der Waals surface area (Å²) in [7, 11) is 0. The van der Waals surface area contributed by atoms with Gasteiger partial charge < -0.3 is 26.6 Å². The number of nitrogens with one attached hydrogen (secondary N) is 2. The third-order valence-electron chi connectivity index (χ3n) is 5.65. The largest absolute Gasteiger partial charge is 0.398 e. The van der Waals surface area contributed by atoms with Crippen molar-refractivity contribution < 1.29 is 0 Å². The summed E-state index contributed by atoms with van der Waals surface area (Å²) in [4.78, 5) is 4.87. The molecule has 158 valence electrons. The quantitative estimate of drug-likeness (QED) is 0.310. The highest BCUT2D eigenvalue weighted by Gasteiger charge is 2.16. The number of rotatable bonds is 13. The summed E-state index contributed by atoms with van der Waals surface area (Å²) in [5, 5.41) is 12.2. The molecule has 28 heavy (non-hydrogen) atoms. The van der Waals surface area contributed by atoms with E-state index in [1.165, 1.54) is 0 Å². The molecule has 6 N–H and O–H groups in total. The standard InChI is InChI=1S/C21H39N7/c1-5-27(6-2)13-9-11-16-17(22)15-18(23)20-19(16)21(26-25-20)24-12-10-14-28(7-3)8-4/h15H,5-14,22-23H2,1-4H3,(H2,24,25,26). The minimum absolute atomic E-state index is 0.656. The summed E-state index contributed by atoms with van der Waals surface area (Å²) in [5.41, 5.74) is 16.0. The second kappa shape index (κ2) is 11.1. The van der Waals surface area contributed by atoms with Gasteiger partial charge in [-0.15, -0.1) is 0 Å². The zero-order chi connectivity index (χ0) is 20.5. The van der Waals surface area contributed by atoms with Crippen molar-refractivity contribution in [2.75, 3.05) is 62.6 Å². The van der Waals surface area contributed by atoms with Gasteiger partial charge in [-0.25, -0.2) is 0 Å². The lowest BCUT2D eigenvalue weighted by molar-refractivity contribution is 0.300. The van der Waals surface area contributed by atoms with Gasteiger partial charge in [0.1, 0.15) is 0 Å². The molecule has 2 aromatic rings. The van der Waals surface area contributed by atoms with E-state index in [0.29, 0.717) is 5.69 Å². The van der Waals surface area contributed by atoms with Crippen molar-refractivity contribution in [2.45, 2.75) is 47.0 Å². The van der Waals surface area contributed by atoms with E-state index < -0.39 is 0 Å². The lowest BCUT2D eigenvalue weighted by atomic mass is 10.0. The summed E-state index contributed by atoms with van der Waals surface area (Å²) in [6.45, 7) is 16.2. The Bertz CT molecular complexity index is 717. The Morgan fingerprint density at radius 2 is 1.54 bits per heavy atom. The van der Waals surface area contributed by atoms with Gasteiger partial charge in [-0.2, -0.15) is 5.10 Å². The highest BCUT2D eigenvalue weighted by atomic mass is 15.2. The average molecular weight is 390 g/mol. The lowest BCUT2D eigenvalue weighted by Crippen LogP contribution is -2.25. The maximum absolute atomic E-state index is 6.36. The van der Waals surface area contributed by atoms with Crippen LogP contribution >= 0.6 is 0 Å². The van der Waals surface area contributed by atoms with Crippen LogP contribution in [0.4, 0.5) is 17.2 Å². The molecule has 0 unspecified atom stereocenters. The van der Waals surface area contributed by atoms with Crippen molar-refractivity contribution in [2.24, 2.45) is 0 Å². The van der Waals surface area contributed by atoms with Gasteiger partial charge >= 0.3 is 0 Å². The van der Waals surface area contributed by atoms with E-state index >= 15 is 0 Å². The number of hydrogen-bond acceptors (Lipinski definition) is 6. The zero-order valence-corrected chi connectivity index (χ0v) is 18.1. The highest BCUT2D eigenvalue weighted by molar-refractivity contribution is 6.02. The van der Waals surface area contributed by atoms with Crippen LogP contribution in [0.2, 0.25) is 0 Å². The van der Waals surface area contributed by atoms with Gasteiger partial charge in [0.05, 0.1) is 16.6 Å². The van der Waals surface area contributed by atoms with Crippen molar-refractivity contribution in [3.8, 4) is 0 Å². The molecule has 0 aliphatic rings. The topological polar surface area (TPSA) is 99.2 Å². The van der Waals surface area contributed by atoms with Crippen molar-refractivity contribution in [1.82, 2.24) is 20.0 Å². The van der Waals surface area contributed by atoms with Crippen molar-refractivity contribution in [1.29, 1.82) is 0 Å². The molecule has 2 rings (SSSR count). The Morgan fingerprint density at radius 1 is 0.929 bits per heavy atom. The Balaban J connectivity index is 2.11. The summed E-state index contributed by atoms with van der Waals surface area (Å²) in [5.74, 6) is 0.867. The number of fused-ring (bicyclic) bond motifs is 1. The minimum atomic E-state index is 0.656. The number of nitrogens with two attached hydrogens (primary N) is 2. The van der Waals surface area contributed by atoms with Crippen LogP contribution in [0.15, 0.2) is 6.07 Å². The Kier molecular flexibility index (Phi) is 8.86. The Morgan fingerprint density at radius 3 is 2.14 bits per heavy atom. The van der Waals surface area contributed by atoms with Crippen LogP contribution < -0.4 is 16.8 Å². The van der Waals surface area contributed by atoms with Crippen LogP contribution in [-0.4, -0.2) is 65.8 Å². The maximum Gasteiger partial charge on any atom is 0.156 e. The third kappa shape index (κ3) is 5.52. The summed E-state index contributed by atoms with van der Waals surface area (Å²) in [6.07, 6.45) is 3.06. The predicted molar refractivity (Wildman–Crippen MR) is 122 cm³/mol. The van der Waals surface area contributed by atoms with Gasteiger partial charge in [-0.05, 0) is 70.2 Å². The first kappa shape index (κ1) is 22.3. The SMILES string of the molecule is CCN(CC)CCCNc1n[nH]c2c(N)cc(N)c(CCCN(CC)CC)c12. The first-order chi connectivity index (χ1) is 13.5. The summed E-state index contributed by atoms with van der Waals surface area (Å²) in [6, 6.07) is 1.86. The molecule has 0 amide bonds. The molecule has 0 aliphatic heterocycles. The molecule has 0 aliphatic carbocycles. The van der Waals surface area contributed by atoms with Gasteiger partial charge in [0.2, 0.25) is 0 Å². The first-order valence-electron chi connectivity index (χ1n) is 10.8. The fourth-order valence-electron chi connectivity index (χ4n) is 3.78. The molecule has 1 aromatic heterocycles. The number of nitrogen functional groups attached to an aromatic ring is 2. The predicted octanol–water partition coefficient (Wildman–Crippen LogP) is 3.15. The second-order valence-corrected chi connectivity index (χ2v) is 7.29. The molecule has 0 atom stereocenters. The molecule has 0 radical (unpaired) electrons. The van der Waals surface area contributed by atoms with E-state index in [4.69, 9.17) is 11.5 Å². The minimum Gasteiger partial charge on any atom is -0.398 e. The molecule has 1 aromatic carbocycles. The molecular weight excluding hydrogens is 350 g/mol. The monoisotopic (exact) mass is 389 g/mol. The van der Waals surface area contributed by atoms with Crippen molar-refractivity contribution in [3.63, 3.8) is 0 Å². The Hall–Kier alpha value is -1.99. The van der Waals surface area contributed by atoms with E-state index in [9.17, 15) is 0 Å². The Labute approximate surface area is 169 Å². The van der Waals surface area contributed by atoms with E-state index in [1.807, 2.05) is 6.07 Å². The highest BCUT2D eigenvalue weighted by Crippen LogP contribution is 2.34. The number of anilines is 3. The smallest absolute Gasteiger partial charge is 0.156 e. The second-order valence-electron chi connectivity index (χ2n) is 7.29. The van der Waals surface area contributed by atoms with Crippen LogP contribution in [0.5, 0.6) is 0 Å². The molecule has 0 saturated heterocycles. The van der Waals surface area contributed by atoms with Gasteiger partial charge in [-0.1, -0.05) is 27.7 Å². The van der Waals surface area contributed by atoms with E-state index in [0.717, 1.165) is 93.0 Å². The van der Waals surface area contributed by atoms with Gasteiger partial charge in [0, 0.05) is 12.2 Å². The third-order valence-corrected chi connectivity index (χ3v) is 5.65. The van der Waals surface area contributed by atoms with E-state index in [2.05, 4.69) is 53.0 Å². The molecule has 0 spiro atoms. The average Bonchev–Trinajstić information content (AvgIpc) is 3.12. The first-order valence-corrected chi connectivity index (χ1v) is 10.8. The van der Waals surface area contributed by atoms with Crippen LogP contribution in [0.3, 0.4) is 0 Å². The fraction of sp³-hybridized carbons (Fsp3) is 0.667. The van der Waals surface area contributed by atoms with Gasteiger partial charge in [0.15, 0.2) is 5.82 Å². The van der Waals surface area contributed by atoms with Gasteiger partial charge in [-0.3, -0.25) is 5.10 Å². The zero-order valence-electron chi connectivity index (χ0n) is 18.1. The number of hydrogen-bond donors (Lipinski definition) is 4.